The van der Waals surface area contributed by atoms with E-state index in [2.05, 4.69) is 31.3 Å². The van der Waals surface area contributed by atoms with Crippen LogP contribution in [0.1, 0.15) is 16.2 Å². The highest BCUT2D eigenvalue weighted by Crippen LogP contribution is 2.16. The molecule has 100 valence electrons. The molecule has 20 heavy (non-hydrogen) atoms. The van der Waals surface area contributed by atoms with Gasteiger partial charge < -0.3 is 0 Å². The standard InChI is InChI=1S/C13H10BrN5O/c1-18-11(13(14)15-17-18)12(20)10-7-8-19(16-10)9-5-3-2-4-6-9/h2-8H,1H3. The van der Waals surface area contributed by atoms with Gasteiger partial charge in [0.25, 0.3) is 0 Å². The molecule has 0 spiro atoms. The third kappa shape index (κ3) is 2.16. The number of para-hydroxylation sites is 1. The van der Waals surface area contributed by atoms with E-state index < -0.39 is 0 Å². The molecule has 2 aromatic heterocycles. The summed E-state index contributed by atoms with van der Waals surface area (Å²) < 4.78 is 3.50. The third-order valence-electron chi connectivity index (χ3n) is 2.84. The maximum absolute atomic E-state index is 12.4. The molecule has 3 aromatic rings. The fourth-order valence-corrected chi connectivity index (χ4v) is 2.37. The minimum Gasteiger partial charge on any atom is -0.285 e. The highest BCUT2D eigenvalue weighted by atomic mass is 79.9. The van der Waals surface area contributed by atoms with Gasteiger partial charge in [0.05, 0.1) is 5.69 Å². The van der Waals surface area contributed by atoms with Gasteiger partial charge >= 0.3 is 0 Å². The van der Waals surface area contributed by atoms with Crippen molar-refractivity contribution in [3.05, 3.63) is 58.6 Å². The van der Waals surface area contributed by atoms with Crippen molar-refractivity contribution in [2.45, 2.75) is 0 Å². The lowest BCUT2D eigenvalue weighted by atomic mass is 10.2. The minimum atomic E-state index is -0.223. The highest BCUT2D eigenvalue weighted by molar-refractivity contribution is 9.10. The molecule has 0 aliphatic carbocycles. The molecule has 2 heterocycles. The predicted molar refractivity (Wildman–Crippen MR) is 75.7 cm³/mol. The van der Waals surface area contributed by atoms with Crippen LogP contribution >= 0.6 is 15.9 Å². The number of nitrogens with zero attached hydrogens (tertiary/aromatic N) is 5. The van der Waals surface area contributed by atoms with Crippen molar-refractivity contribution in [1.29, 1.82) is 0 Å². The molecule has 1 aromatic carbocycles. The summed E-state index contributed by atoms with van der Waals surface area (Å²) in [6.45, 7) is 0. The molecule has 7 heteroatoms. The molecule has 0 aliphatic rings. The number of hydrogen-bond donors (Lipinski definition) is 0. The average molecular weight is 332 g/mol. The van der Waals surface area contributed by atoms with Gasteiger partial charge in [-0.25, -0.2) is 9.36 Å². The zero-order valence-electron chi connectivity index (χ0n) is 10.6. The summed E-state index contributed by atoms with van der Waals surface area (Å²) in [7, 11) is 1.67. The van der Waals surface area contributed by atoms with E-state index in [0.717, 1.165) is 5.69 Å². The topological polar surface area (TPSA) is 65.6 Å². The summed E-state index contributed by atoms with van der Waals surface area (Å²) in [5.74, 6) is -0.223. The number of rotatable bonds is 3. The lowest BCUT2D eigenvalue weighted by molar-refractivity contribution is 0.102. The molecule has 3 rings (SSSR count). The molecule has 0 N–H and O–H groups in total. The Hall–Kier alpha value is -2.28. The van der Waals surface area contributed by atoms with Crippen LogP contribution in [0.2, 0.25) is 0 Å². The maximum atomic E-state index is 12.4. The minimum absolute atomic E-state index is 0.223. The lowest BCUT2D eigenvalue weighted by Crippen LogP contribution is -2.10. The van der Waals surface area contributed by atoms with Crippen LogP contribution in [0.3, 0.4) is 0 Å². The first-order valence-electron chi connectivity index (χ1n) is 5.88. The van der Waals surface area contributed by atoms with Gasteiger partial charge in [0, 0.05) is 13.2 Å². The largest absolute Gasteiger partial charge is 0.285 e. The fraction of sp³-hybridized carbons (Fsp3) is 0.0769. The molecule has 0 radical (unpaired) electrons. The Morgan fingerprint density at radius 1 is 1.20 bits per heavy atom. The summed E-state index contributed by atoms with van der Waals surface area (Å²) in [5.41, 5.74) is 1.62. The van der Waals surface area contributed by atoms with Crippen molar-refractivity contribution in [3.63, 3.8) is 0 Å². The van der Waals surface area contributed by atoms with Crippen LogP contribution in [-0.4, -0.2) is 30.6 Å². The van der Waals surface area contributed by atoms with Gasteiger partial charge in [-0.1, -0.05) is 23.4 Å². The number of carbonyl (C=O) groups is 1. The van der Waals surface area contributed by atoms with E-state index in [0.29, 0.717) is 16.0 Å². The van der Waals surface area contributed by atoms with Gasteiger partial charge in [-0.05, 0) is 34.1 Å². The predicted octanol–water partition coefficient (Wildman–Crippen LogP) is 1.99. The fourth-order valence-electron chi connectivity index (χ4n) is 1.86. The van der Waals surface area contributed by atoms with Crippen LogP contribution in [0.5, 0.6) is 0 Å². The molecule has 0 amide bonds. The van der Waals surface area contributed by atoms with E-state index in [4.69, 9.17) is 0 Å². The first-order valence-corrected chi connectivity index (χ1v) is 6.67. The summed E-state index contributed by atoms with van der Waals surface area (Å²) >= 11 is 3.22. The zero-order valence-corrected chi connectivity index (χ0v) is 12.1. The lowest BCUT2D eigenvalue weighted by Gasteiger charge is -2.00. The quantitative estimate of drug-likeness (QED) is 0.688. The Balaban J connectivity index is 1.97. The molecule has 0 atom stereocenters. The number of hydrogen-bond acceptors (Lipinski definition) is 4. The molecule has 0 saturated heterocycles. The van der Waals surface area contributed by atoms with Gasteiger partial charge in [0.15, 0.2) is 4.60 Å². The first kappa shape index (κ1) is 12.7. The third-order valence-corrected chi connectivity index (χ3v) is 3.38. The van der Waals surface area contributed by atoms with E-state index >= 15 is 0 Å². The van der Waals surface area contributed by atoms with E-state index in [-0.39, 0.29) is 5.78 Å². The number of aromatic nitrogens is 5. The van der Waals surface area contributed by atoms with Gasteiger partial charge in [-0.15, -0.1) is 5.10 Å². The van der Waals surface area contributed by atoms with Crippen molar-refractivity contribution < 1.29 is 4.79 Å². The smallest absolute Gasteiger partial charge is 0.234 e. The van der Waals surface area contributed by atoms with Gasteiger partial charge in [-0.3, -0.25) is 4.79 Å². The Labute approximate surface area is 123 Å². The summed E-state index contributed by atoms with van der Waals surface area (Å²) in [6.07, 6.45) is 1.75. The molecule has 0 saturated carbocycles. The van der Waals surface area contributed by atoms with Gasteiger partial charge in [0.1, 0.15) is 11.4 Å². The molecule has 0 aliphatic heterocycles. The highest BCUT2D eigenvalue weighted by Gasteiger charge is 2.20. The molecular weight excluding hydrogens is 322 g/mol. The zero-order chi connectivity index (χ0) is 14.1. The van der Waals surface area contributed by atoms with Crippen LogP contribution in [0.4, 0.5) is 0 Å². The Bertz CT molecular complexity index is 743. The first-order chi connectivity index (χ1) is 9.66. The van der Waals surface area contributed by atoms with Crippen molar-refractivity contribution in [1.82, 2.24) is 24.8 Å². The normalized spacial score (nSPS) is 10.7. The van der Waals surface area contributed by atoms with Gasteiger partial charge in [0.2, 0.25) is 5.78 Å². The van der Waals surface area contributed by atoms with Crippen LogP contribution in [0.25, 0.3) is 5.69 Å². The average Bonchev–Trinajstić information content (AvgIpc) is 3.07. The summed E-state index contributed by atoms with van der Waals surface area (Å²) in [4.78, 5) is 12.4. The van der Waals surface area contributed by atoms with Crippen molar-refractivity contribution in [2.24, 2.45) is 7.05 Å². The molecule has 0 bridgehead atoms. The molecule has 0 fully saturated rings. The van der Waals surface area contributed by atoms with Crippen LogP contribution in [-0.2, 0) is 7.05 Å². The van der Waals surface area contributed by atoms with Crippen LogP contribution in [0, 0.1) is 0 Å². The monoisotopic (exact) mass is 331 g/mol. The summed E-state index contributed by atoms with van der Waals surface area (Å²) in [5, 5.41) is 11.9. The Kier molecular flexibility index (Phi) is 3.19. The number of aryl methyl sites for hydroxylation is 1. The number of benzene rings is 1. The second kappa shape index (κ2) is 5.01. The number of carbonyl (C=O) groups excluding carboxylic acids is 1. The second-order valence-electron chi connectivity index (χ2n) is 4.16. The molecular formula is C13H10BrN5O. The van der Waals surface area contributed by atoms with Crippen LogP contribution in [0.15, 0.2) is 47.2 Å². The second-order valence-corrected chi connectivity index (χ2v) is 4.91. The number of halogens is 1. The van der Waals surface area contributed by atoms with E-state index in [1.807, 2.05) is 30.3 Å². The SMILES string of the molecule is Cn1nnc(Br)c1C(=O)c1ccn(-c2ccccc2)n1. The van der Waals surface area contributed by atoms with Crippen LogP contribution < -0.4 is 0 Å². The van der Waals surface area contributed by atoms with Crippen molar-refractivity contribution in [2.75, 3.05) is 0 Å². The summed E-state index contributed by atoms with van der Waals surface area (Å²) in [6, 6.07) is 11.3. The number of ketones is 1. The molecule has 6 nitrogen and oxygen atoms in total. The van der Waals surface area contributed by atoms with Crippen molar-refractivity contribution >= 4 is 21.7 Å². The van der Waals surface area contributed by atoms with E-state index in [1.54, 1.807) is 24.0 Å². The van der Waals surface area contributed by atoms with E-state index in [1.165, 1.54) is 4.68 Å². The molecule has 0 unspecified atom stereocenters. The van der Waals surface area contributed by atoms with E-state index in [9.17, 15) is 4.79 Å². The van der Waals surface area contributed by atoms with Gasteiger partial charge in [-0.2, -0.15) is 5.10 Å². The van der Waals surface area contributed by atoms with Crippen molar-refractivity contribution in [3.8, 4) is 5.69 Å². The maximum Gasteiger partial charge on any atom is 0.234 e. The Morgan fingerprint density at radius 3 is 2.60 bits per heavy atom. The Morgan fingerprint density at radius 2 is 1.95 bits per heavy atom.